The first kappa shape index (κ1) is 16.4. The van der Waals surface area contributed by atoms with Crippen molar-refractivity contribution in [3.63, 3.8) is 0 Å². The minimum absolute atomic E-state index is 0.00603. The van der Waals surface area contributed by atoms with Crippen molar-refractivity contribution in [1.29, 1.82) is 0 Å². The fraction of sp³-hybridized carbons (Fsp3) is 0.286. The Kier molecular flexibility index (Phi) is 3.93. The summed E-state index contributed by atoms with van der Waals surface area (Å²) in [5.41, 5.74) is 2.18. The van der Waals surface area contributed by atoms with Gasteiger partial charge in [0.1, 0.15) is 11.4 Å². The number of thiophene rings is 1. The van der Waals surface area contributed by atoms with Crippen LogP contribution in [0.25, 0.3) is 21.5 Å². The summed E-state index contributed by atoms with van der Waals surface area (Å²) in [6.07, 6.45) is 6.47. The SMILES string of the molecule is CC1CCc2c(sc3ncn(Cc4ncc(-c5ccccc5)o4)c(=O)c23)C1. The second-order valence-electron chi connectivity index (χ2n) is 7.19. The number of hydrogen-bond acceptors (Lipinski definition) is 5. The van der Waals surface area contributed by atoms with Crippen LogP contribution in [0.15, 0.2) is 52.1 Å². The van der Waals surface area contributed by atoms with E-state index in [1.807, 2.05) is 30.3 Å². The van der Waals surface area contributed by atoms with Crippen LogP contribution in [-0.2, 0) is 19.4 Å². The number of fused-ring (bicyclic) bond motifs is 3. The molecule has 0 spiro atoms. The average molecular weight is 377 g/mol. The number of oxazole rings is 1. The van der Waals surface area contributed by atoms with Gasteiger partial charge in [-0.05, 0) is 30.7 Å². The lowest BCUT2D eigenvalue weighted by Crippen LogP contribution is -2.22. The monoisotopic (exact) mass is 377 g/mol. The predicted octanol–water partition coefficient (Wildman–Crippen LogP) is 4.29. The summed E-state index contributed by atoms with van der Waals surface area (Å²) in [6.45, 7) is 2.56. The highest BCUT2D eigenvalue weighted by atomic mass is 32.1. The van der Waals surface area contributed by atoms with Crippen LogP contribution < -0.4 is 5.56 Å². The lowest BCUT2D eigenvalue weighted by Gasteiger charge is -2.17. The summed E-state index contributed by atoms with van der Waals surface area (Å²) in [4.78, 5) is 24.2. The summed E-state index contributed by atoms with van der Waals surface area (Å²) in [6, 6.07) is 9.83. The first-order chi connectivity index (χ1) is 13.2. The molecule has 1 atom stereocenters. The summed E-state index contributed by atoms with van der Waals surface area (Å²) in [7, 11) is 0. The van der Waals surface area contributed by atoms with Gasteiger partial charge < -0.3 is 4.42 Å². The highest BCUT2D eigenvalue weighted by molar-refractivity contribution is 7.18. The van der Waals surface area contributed by atoms with Crippen LogP contribution in [0.5, 0.6) is 0 Å². The van der Waals surface area contributed by atoms with E-state index in [2.05, 4.69) is 16.9 Å². The molecule has 0 saturated carbocycles. The van der Waals surface area contributed by atoms with Crippen molar-refractivity contribution in [3.8, 4) is 11.3 Å². The molecule has 1 unspecified atom stereocenters. The van der Waals surface area contributed by atoms with E-state index in [0.717, 1.165) is 35.0 Å². The third-order valence-corrected chi connectivity index (χ3v) is 6.36. The zero-order valence-electron chi connectivity index (χ0n) is 15.0. The van der Waals surface area contributed by atoms with Crippen LogP contribution in [0.2, 0.25) is 0 Å². The summed E-state index contributed by atoms with van der Waals surface area (Å²) >= 11 is 1.67. The molecule has 136 valence electrons. The molecule has 0 saturated heterocycles. The fourth-order valence-corrected chi connectivity index (χ4v) is 5.08. The van der Waals surface area contributed by atoms with E-state index in [0.29, 0.717) is 17.6 Å². The zero-order valence-corrected chi connectivity index (χ0v) is 15.8. The van der Waals surface area contributed by atoms with Gasteiger partial charge in [0.15, 0.2) is 5.76 Å². The van der Waals surface area contributed by atoms with E-state index in [4.69, 9.17) is 4.42 Å². The molecule has 27 heavy (non-hydrogen) atoms. The molecule has 1 aromatic carbocycles. The van der Waals surface area contributed by atoms with Crippen LogP contribution in [-0.4, -0.2) is 14.5 Å². The second-order valence-corrected chi connectivity index (χ2v) is 8.28. The van der Waals surface area contributed by atoms with Crippen molar-refractivity contribution in [2.24, 2.45) is 5.92 Å². The smallest absolute Gasteiger partial charge is 0.262 e. The highest BCUT2D eigenvalue weighted by Gasteiger charge is 2.23. The Morgan fingerprint density at radius 2 is 2.11 bits per heavy atom. The Morgan fingerprint density at radius 1 is 1.26 bits per heavy atom. The Morgan fingerprint density at radius 3 is 2.96 bits per heavy atom. The van der Waals surface area contributed by atoms with E-state index in [1.54, 1.807) is 28.4 Å². The van der Waals surface area contributed by atoms with Gasteiger partial charge in [-0.3, -0.25) is 9.36 Å². The van der Waals surface area contributed by atoms with Gasteiger partial charge in [0.25, 0.3) is 5.56 Å². The third-order valence-electron chi connectivity index (χ3n) is 5.20. The molecular weight excluding hydrogens is 358 g/mol. The van der Waals surface area contributed by atoms with Crippen LogP contribution >= 0.6 is 11.3 Å². The van der Waals surface area contributed by atoms with E-state index in [-0.39, 0.29) is 12.1 Å². The van der Waals surface area contributed by atoms with Gasteiger partial charge in [-0.1, -0.05) is 37.3 Å². The Hall–Kier alpha value is -2.73. The van der Waals surface area contributed by atoms with Gasteiger partial charge in [0.2, 0.25) is 5.89 Å². The van der Waals surface area contributed by atoms with Gasteiger partial charge in [0.05, 0.1) is 17.9 Å². The van der Waals surface area contributed by atoms with Crippen molar-refractivity contribution in [2.45, 2.75) is 32.7 Å². The number of benzene rings is 1. The molecule has 0 aliphatic heterocycles. The molecule has 0 bridgehead atoms. The standard InChI is InChI=1S/C21H19N3O2S/c1-13-7-8-15-17(9-13)27-20-19(15)21(25)24(12-23-20)11-18-22-10-16(26-18)14-5-3-2-4-6-14/h2-6,10,12-13H,7-9,11H2,1H3. The number of hydrogen-bond donors (Lipinski definition) is 0. The molecule has 1 aliphatic carbocycles. The molecule has 0 amide bonds. The maximum atomic E-state index is 13.1. The van der Waals surface area contributed by atoms with Crippen LogP contribution in [0.3, 0.4) is 0 Å². The van der Waals surface area contributed by atoms with Crippen LogP contribution in [0.1, 0.15) is 29.7 Å². The van der Waals surface area contributed by atoms with Gasteiger partial charge in [-0.2, -0.15) is 0 Å². The molecule has 0 radical (unpaired) electrons. The van der Waals surface area contributed by atoms with Crippen molar-refractivity contribution in [1.82, 2.24) is 14.5 Å². The predicted molar refractivity (Wildman–Crippen MR) is 106 cm³/mol. The minimum atomic E-state index is 0.00603. The normalized spacial score (nSPS) is 16.6. The quantitative estimate of drug-likeness (QED) is 0.534. The van der Waals surface area contributed by atoms with Crippen molar-refractivity contribution in [3.05, 3.63) is 69.5 Å². The summed E-state index contributed by atoms with van der Waals surface area (Å²) in [5.74, 6) is 1.89. The third kappa shape index (κ3) is 2.90. The number of rotatable bonds is 3. The van der Waals surface area contributed by atoms with Gasteiger partial charge >= 0.3 is 0 Å². The largest absolute Gasteiger partial charge is 0.439 e. The molecule has 3 aromatic heterocycles. The average Bonchev–Trinajstić information content (AvgIpc) is 3.29. The molecule has 0 fully saturated rings. The first-order valence-corrected chi connectivity index (χ1v) is 10.0. The fourth-order valence-electron chi connectivity index (χ4n) is 3.74. The van der Waals surface area contributed by atoms with Crippen molar-refractivity contribution in [2.75, 3.05) is 0 Å². The van der Waals surface area contributed by atoms with E-state index in [9.17, 15) is 4.79 Å². The number of nitrogens with zero attached hydrogens (tertiary/aromatic N) is 3. The van der Waals surface area contributed by atoms with Crippen molar-refractivity contribution < 1.29 is 4.42 Å². The first-order valence-electron chi connectivity index (χ1n) is 9.19. The van der Waals surface area contributed by atoms with E-state index >= 15 is 0 Å². The van der Waals surface area contributed by atoms with E-state index in [1.165, 1.54) is 10.4 Å². The van der Waals surface area contributed by atoms with Crippen molar-refractivity contribution >= 4 is 21.6 Å². The molecule has 4 aromatic rings. The number of aromatic nitrogens is 3. The zero-order chi connectivity index (χ0) is 18.4. The lowest BCUT2D eigenvalue weighted by molar-refractivity contribution is 0.483. The number of aryl methyl sites for hydroxylation is 1. The molecule has 3 heterocycles. The molecule has 1 aliphatic rings. The lowest BCUT2D eigenvalue weighted by atomic mass is 9.89. The Labute approximate surface area is 160 Å². The molecule has 5 nitrogen and oxygen atoms in total. The molecular formula is C21H19N3O2S. The van der Waals surface area contributed by atoms with Gasteiger partial charge in [-0.15, -0.1) is 11.3 Å². The van der Waals surface area contributed by atoms with E-state index < -0.39 is 0 Å². The Balaban J connectivity index is 1.50. The summed E-state index contributed by atoms with van der Waals surface area (Å²) < 4.78 is 7.46. The minimum Gasteiger partial charge on any atom is -0.439 e. The molecule has 5 rings (SSSR count). The van der Waals surface area contributed by atoms with Crippen LogP contribution in [0, 0.1) is 5.92 Å². The summed E-state index contributed by atoms with van der Waals surface area (Å²) in [5, 5.41) is 0.791. The second kappa shape index (κ2) is 6.46. The maximum Gasteiger partial charge on any atom is 0.262 e. The molecule has 6 heteroatoms. The highest BCUT2D eigenvalue weighted by Crippen LogP contribution is 2.35. The molecule has 0 N–H and O–H groups in total. The van der Waals surface area contributed by atoms with Gasteiger partial charge in [-0.25, -0.2) is 9.97 Å². The van der Waals surface area contributed by atoms with Crippen LogP contribution in [0.4, 0.5) is 0 Å². The Bertz CT molecular complexity index is 1170. The topological polar surface area (TPSA) is 60.9 Å². The maximum absolute atomic E-state index is 13.1. The van der Waals surface area contributed by atoms with Gasteiger partial charge in [0, 0.05) is 10.4 Å².